The Balaban J connectivity index is 2.34. The van der Waals surface area contributed by atoms with Crippen molar-refractivity contribution in [3.8, 4) is 6.07 Å². The molecule has 0 aromatic heterocycles. The number of rotatable bonds is 7. The van der Waals surface area contributed by atoms with Crippen LogP contribution in [0.4, 0.5) is 0 Å². The molecular weight excluding hydrogens is 300 g/mol. The van der Waals surface area contributed by atoms with E-state index in [9.17, 15) is 9.59 Å². The predicted molar refractivity (Wildman–Crippen MR) is 85.5 cm³/mol. The quantitative estimate of drug-likeness (QED) is 0.569. The van der Waals surface area contributed by atoms with Gasteiger partial charge in [0.15, 0.2) is 6.61 Å². The van der Waals surface area contributed by atoms with Crippen molar-refractivity contribution in [1.29, 1.82) is 5.26 Å². The molecule has 1 amide bonds. The Labute approximate surface area is 135 Å². The molecule has 6 heteroatoms. The molecule has 1 aromatic rings. The maximum atomic E-state index is 11.7. The number of amides is 1. The van der Waals surface area contributed by atoms with Gasteiger partial charge in [0.25, 0.3) is 5.91 Å². The van der Waals surface area contributed by atoms with Crippen LogP contribution in [0, 0.1) is 25.2 Å². The van der Waals surface area contributed by atoms with Crippen molar-refractivity contribution in [3.05, 3.63) is 29.3 Å². The zero-order valence-corrected chi connectivity index (χ0v) is 13.9. The number of likely N-dealkylation sites (N-methyl/N-ethyl adjacent to an activating group) is 1. The van der Waals surface area contributed by atoms with Crippen molar-refractivity contribution in [2.75, 3.05) is 26.0 Å². The minimum absolute atomic E-state index is 0.166. The van der Waals surface area contributed by atoms with Gasteiger partial charge < -0.3 is 9.64 Å². The average molecular weight is 320 g/mol. The molecule has 0 spiro atoms. The summed E-state index contributed by atoms with van der Waals surface area (Å²) >= 11 is 1.40. The lowest BCUT2D eigenvalue weighted by Gasteiger charge is -2.15. The first-order chi connectivity index (χ1) is 10.4. The van der Waals surface area contributed by atoms with Crippen LogP contribution < -0.4 is 0 Å². The van der Waals surface area contributed by atoms with Crippen LogP contribution in [0.1, 0.15) is 17.5 Å². The van der Waals surface area contributed by atoms with Gasteiger partial charge in [0.05, 0.1) is 18.2 Å². The van der Waals surface area contributed by atoms with Gasteiger partial charge in [-0.3, -0.25) is 9.59 Å². The molecule has 0 heterocycles. The number of nitrogens with zero attached hydrogens (tertiary/aromatic N) is 2. The Morgan fingerprint density at radius 2 is 2.09 bits per heavy atom. The lowest BCUT2D eigenvalue weighted by atomic mass is 10.2. The SMILES string of the molecule is Cc1ccc(SCC(=O)OCC(=O)N(C)CCC#N)c(C)c1. The van der Waals surface area contributed by atoms with E-state index in [1.807, 2.05) is 32.0 Å². The zero-order valence-electron chi connectivity index (χ0n) is 13.1. The van der Waals surface area contributed by atoms with Crippen molar-refractivity contribution in [2.24, 2.45) is 0 Å². The van der Waals surface area contributed by atoms with Gasteiger partial charge in [-0.05, 0) is 25.5 Å². The highest BCUT2D eigenvalue weighted by atomic mass is 32.2. The third-order valence-corrected chi connectivity index (χ3v) is 4.17. The lowest BCUT2D eigenvalue weighted by Crippen LogP contribution is -2.32. The molecule has 0 saturated carbocycles. The second-order valence-electron chi connectivity index (χ2n) is 4.94. The Kier molecular flexibility index (Phi) is 7.47. The van der Waals surface area contributed by atoms with Crippen molar-refractivity contribution in [1.82, 2.24) is 4.90 Å². The molecule has 0 N–H and O–H groups in total. The van der Waals surface area contributed by atoms with Crippen molar-refractivity contribution < 1.29 is 14.3 Å². The van der Waals surface area contributed by atoms with E-state index < -0.39 is 5.97 Å². The van der Waals surface area contributed by atoms with E-state index >= 15 is 0 Å². The summed E-state index contributed by atoms with van der Waals surface area (Å²) in [6, 6.07) is 7.99. The van der Waals surface area contributed by atoms with Crippen molar-refractivity contribution >= 4 is 23.6 Å². The molecule has 1 aromatic carbocycles. The average Bonchev–Trinajstić information content (AvgIpc) is 2.49. The van der Waals surface area contributed by atoms with Gasteiger partial charge in [-0.2, -0.15) is 5.26 Å². The number of thioether (sulfide) groups is 1. The van der Waals surface area contributed by atoms with Crippen LogP contribution in [0.5, 0.6) is 0 Å². The number of nitriles is 1. The monoisotopic (exact) mass is 320 g/mol. The topological polar surface area (TPSA) is 70.4 Å². The molecule has 0 radical (unpaired) electrons. The number of carbonyl (C=O) groups excluding carboxylic acids is 2. The summed E-state index contributed by atoms with van der Waals surface area (Å²) in [6.45, 7) is 4.07. The molecule has 0 bridgehead atoms. The fraction of sp³-hybridized carbons (Fsp3) is 0.438. The van der Waals surface area contributed by atoms with Crippen LogP contribution in [-0.2, 0) is 14.3 Å². The van der Waals surface area contributed by atoms with Gasteiger partial charge in [0.1, 0.15) is 0 Å². The van der Waals surface area contributed by atoms with E-state index in [4.69, 9.17) is 10.00 Å². The molecule has 0 aliphatic carbocycles. The number of carbonyl (C=O) groups is 2. The fourth-order valence-corrected chi connectivity index (χ4v) is 2.54. The van der Waals surface area contributed by atoms with E-state index in [1.54, 1.807) is 7.05 Å². The Bertz CT molecular complexity index is 581. The van der Waals surface area contributed by atoms with Crippen LogP contribution in [0.2, 0.25) is 0 Å². The summed E-state index contributed by atoms with van der Waals surface area (Å²) in [7, 11) is 1.58. The summed E-state index contributed by atoms with van der Waals surface area (Å²) in [5, 5.41) is 8.46. The lowest BCUT2D eigenvalue weighted by molar-refractivity contribution is -0.149. The molecule has 0 fully saturated rings. The summed E-state index contributed by atoms with van der Waals surface area (Å²) in [4.78, 5) is 25.7. The van der Waals surface area contributed by atoms with Crippen LogP contribution >= 0.6 is 11.8 Å². The van der Waals surface area contributed by atoms with E-state index in [2.05, 4.69) is 6.07 Å². The molecule has 0 saturated heterocycles. The van der Waals surface area contributed by atoms with Gasteiger partial charge >= 0.3 is 5.97 Å². The summed E-state index contributed by atoms with van der Waals surface area (Å²) in [6.07, 6.45) is 0.263. The molecule has 5 nitrogen and oxygen atoms in total. The standard InChI is InChI=1S/C16H20N2O3S/c1-12-5-6-14(13(2)9-12)22-11-16(20)21-10-15(19)18(3)8-4-7-17/h5-6,9H,4,8,10-11H2,1-3H3. The molecule has 0 unspecified atom stereocenters. The second kappa shape index (κ2) is 9.11. The maximum Gasteiger partial charge on any atom is 0.316 e. The van der Waals surface area contributed by atoms with E-state index in [0.29, 0.717) is 6.54 Å². The minimum atomic E-state index is -0.424. The van der Waals surface area contributed by atoms with Crippen molar-refractivity contribution in [3.63, 3.8) is 0 Å². The molecule has 0 aliphatic heterocycles. The number of benzene rings is 1. The molecular formula is C16H20N2O3S. The zero-order chi connectivity index (χ0) is 16.5. The molecule has 22 heavy (non-hydrogen) atoms. The Hall–Kier alpha value is -2.00. The van der Waals surface area contributed by atoms with Gasteiger partial charge in [0.2, 0.25) is 0 Å². The second-order valence-corrected chi connectivity index (χ2v) is 5.96. The van der Waals surface area contributed by atoms with Gasteiger partial charge in [0, 0.05) is 18.5 Å². The van der Waals surface area contributed by atoms with Crippen LogP contribution in [0.3, 0.4) is 0 Å². The van der Waals surface area contributed by atoms with E-state index in [-0.39, 0.29) is 24.7 Å². The highest BCUT2D eigenvalue weighted by Crippen LogP contribution is 2.23. The normalized spacial score (nSPS) is 9.91. The summed E-state index contributed by atoms with van der Waals surface area (Å²) in [5.41, 5.74) is 2.29. The molecule has 118 valence electrons. The smallest absolute Gasteiger partial charge is 0.316 e. The predicted octanol–water partition coefficient (Wildman–Crippen LogP) is 2.31. The first kappa shape index (κ1) is 18.1. The minimum Gasteiger partial charge on any atom is -0.455 e. The Morgan fingerprint density at radius 1 is 1.36 bits per heavy atom. The third kappa shape index (κ3) is 6.19. The molecule has 1 rings (SSSR count). The van der Waals surface area contributed by atoms with Gasteiger partial charge in [-0.1, -0.05) is 17.7 Å². The number of hydrogen-bond donors (Lipinski definition) is 0. The number of esters is 1. The Morgan fingerprint density at radius 3 is 2.73 bits per heavy atom. The van der Waals surface area contributed by atoms with Crippen LogP contribution in [-0.4, -0.2) is 42.7 Å². The summed E-state index contributed by atoms with van der Waals surface area (Å²) < 4.78 is 4.96. The number of ether oxygens (including phenoxy) is 1. The maximum absolute atomic E-state index is 11.7. The first-order valence-electron chi connectivity index (χ1n) is 6.90. The highest BCUT2D eigenvalue weighted by Gasteiger charge is 2.12. The highest BCUT2D eigenvalue weighted by molar-refractivity contribution is 8.00. The van der Waals surface area contributed by atoms with Crippen LogP contribution in [0.25, 0.3) is 0 Å². The summed E-state index contributed by atoms with van der Waals surface area (Å²) in [5.74, 6) is -0.564. The third-order valence-electron chi connectivity index (χ3n) is 3.02. The number of aryl methyl sites for hydroxylation is 2. The van der Waals surface area contributed by atoms with Crippen molar-refractivity contribution in [2.45, 2.75) is 25.2 Å². The molecule has 0 atom stereocenters. The van der Waals surface area contributed by atoms with E-state index in [1.165, 1.54) is 22.2 Å². The van der Waals surface area contributed by atoms with Crippen LogP contribution in [0.15, 0.2) is 23.1 Å². The van der Waals surface area contributed by atoms with Gasteiger partial charge in [-0.15, -0.1) is 11.8 Å². The van der Waals surface area contributed by atoms with E-state index in [0.717, 1.165) is 10.5 Å². The van der Waals surface area contributed by atoms with Gasteiger partial charge in [-0.25, -0.2) is 0 Å². The largest absolute Gasteiger partial charge is 0.455 e. The molecule has 0 aliphatic rings. The fourth-order valence-electron chi connectivity index (χ4n) is 1.73. The number of hydrogen-bond acceptors (Lipinski definition) is 5. The first-order valence-corrected chi connectivity index (χ1v) is 7.89.